The van der Waals surface area contributed by atoms with Gasteiger partial charge in [-0.15, -0.1) is 0 Å². The summed E-state index contributed by atoms with van der Waals surface area (Å²) in [4.78, 5) is 31.8. The summed E-state index contributed by atoms with van der Waals surface area (Å²) in [6, 6.07) is 0. The van der Waals surface area contributed by atoms with E-state index in [1.54, 1.807) is 0 Å². The van der Waals surface area contributed by atoms with Crippen molar-refractivity contribution in [3.8, 4) is 0 Å². The Morgan fingerprint density at radius 3 is 2.00 bits per heavy atom. The number of phosphoric ester groups is 2. The van der Waals surface area contributed by atoms with Crippen LogP contribution in [0.15, 0.2) is 12.7 Å². The number of hydrogen-bond donors (Lipinski definition) is 5. The number of imidazole rings is 1. The van der Waals surface area contributed by atoms with Gasteiger partial charge in [0.05, 0.1) is 19.5 Å². The SMILES string of the molecule is CCCCCCCCCCCCCCCCOP(=O)(O)OP(=O)(O)OC[C@H]1O[C@@H](n2cnc3c(N)ncnc32)[C@H](O)[C@H]1O. The average molecular weight is 652 g/mol. The lowest BCUT2D eigenvalue weighted by Crippen LogP contribution is -2.33. The van der Waals surface area contributed by atoms with Gasteiger partial charge in [-0.1, -0.05) is 90.4 Å². The number of anilines is 1. The van der Waals surface area contributed by atoms with Gasteiger partial charge in [0.2, 0.25) is 0 Å². The molecule has 246 valence electrons. The van der Waals surface area contributed by atoms with Crippen molar-refractivity contribution in [2.45, 2.75) is 121 Å². The second-order valence-corrected chi connectivity index (χ2v) is 13.9. The number of aliphatic hydroxyl groups is 2. The smallest absolute Gasteiger partial charge is 0.387 e. The number of unbranched alkanes of at least 4 members (excludes halogenated alkanes) is 13. The Labute approximate surface area is 252 Å². The van der Waals surface area contributed by atoms with Gasteiger partial charge in [-0.3, -0.25) is 13.6 Å². The molecule has 0 aliphatic carbocycles. The number of hydrogen-bond acceptors (Lipinski definition) is 12. The molecule has 0 aromatic carbocycles. The molecule has 0 saturated carbocycles. The maximum Gasteiger partial charge on any atom is 0.481 e. The van der Waals surface area contributed by atoms with Crippen LogP contribution in [0, 0.1) is 0 Å². The van der Waals surface area contributed by atoms with Crippen LogP contribution in [-0.2, 0) is 27.2 Å². The molecule has 1 fully saturated rings. The molecule has 0 amide bonds. The topological polar surface area (TPSA) is 222 Å². The summed E-state index contributed by atoms with van der Waals surface area (Å²) in [7, 11) is -10.00. The van der Waals surface area contributed by atoms with E-state index in [-0.39, 0.29) is 23.6 Å². The number of rotatable bonds is 22. The van der Waals surface area contributed by atoms with E-state index < -0.39 is 46.8 Å². The number of aromatic nitrogens is 4. The highest BCUT2D eigenvalue weighted by Crippen LogP contribution is 2.60. The van der Waals surface area contributed by atoms with Crippen LogP contribution < -0.4 is 5.73 Å². The lowest BCUT2D eigenvalue weighted by atomic mass is 10.0. The highest BCUT2D eigenvalue weighted by atomic mass is 31.3. The molecule has 2 unspecified atom stereocenters. The second kappa shape index (κ2) is 17.8. The number of phosphoric acid groups is 2. The van der Waals surface area contributed by atoms with Gasteiger partial charge < -0.3 is 30.5 Å². The van der Waals surface area contributed by atoms with Crippen LogP contribution in [0.1, 0.15) is 103 Å². The van der Waals surface area contributed by atoms with Crippen molar-refractivity contribution in [3.05, 3.63) is 12.7 Å². The first kappa shape index (κ1) is 36.0. The van der Waals surface area contributed by atoms with Crippen molar-refractivity contribution in [3.63, 3.8) is 0 Å². The summed E-state index contributed by atoms with van der Waals surface area (Å²) in [5, 5.41) is 20.9. The molecule has 15 nitrogen and oxygen atoms in total. The summed E-state index contributed by atoms with van der Waals surface area (Å²) in [6.45, 7) is 1.35. The number of nitrogens with two attached hydrogens (primary N) is 1. The van der Waals surface area contributed by atoms with E-state index in [2.05, 4.69) is 26.2 Å². The Hall–Kier alpha value is -1.51. The third-order valence-electron chi connectivity index (χ3n) is 7.36. The standard InChI is InChI=1S/C26H47N5O10P2/c1-2-3-4-5-6-7-8-9-10-11-12-13-14-15-16-38-42(34,35)41-43(36,37)39-17-20-22(32)23(33)26(40-20)31-19-30-21-24(27)28-18-29-25(21)31/h18-20,22-23,26,32-33H,2-17H2,1H3,(H,34,35)(H,36,37)(H2,27,28,29)/t20-,22+,23-,26-/m1/s1. The summed E-state index contributed by atoms with van der Waals surface area (Å²) in [5.74, 6) is 0.107. The molecular formula is C26H47N5O10P2. The van der Waals surface area contributed by atoms with Gasteiger partial charge in [0.1, 0.15) is 30.2 Å². The summed E-state index contributed by atoms with van der Waals surface area (Å²) < 4.78 is 45.4. The van der Waals surface area contributed by atoms with Gasteiger partial charge in [-0.2, -0.15) is 4.31 Å². The molecular weight excluding hydrogens is 604 g/mol. The predicted octanol–water partition coefficient (Wildman–Crippen LogP) is 4.76. The third kappa shape index (κ3) is 11.7. The Morgan fingerprint density at radius 1 is 0.837 bits per heavy atom. The monoisotopic (exact) mass is 651 g/mol. The highest BCUT2D eigenvalue weighted by molar-refractivity contribution is 7.61. The Balaban J connectivity index is 1.29. The molecule has 1 aliphatic rings. The van der Waals surface area contributed by atoms with E-state index in [1.165, 1.54) is 75.0 Å². The highest BCUT2D eigenvalue weighted by Gasteiger charge is 2.46. The van der Waals surface area contributed by atoms with Crippen LogP contribution in [0.5, 0.6) is 0 Å². The lowest BCUT2D eigenvalue weighted by Gasteiger charge is -2.19. The van der Waals surface area contributed by atoms with E-state index in [9.17, 15) is 29.1 Å². The van der Waals surface area contributed by atoms with Gasteiger partial charge >= 0.3 is 15.6 Å². The van der Waals surface area contributed by atoms with Crippen LogP contribution in [0.4, 0.5) is 5.82 Å². The van der Waals surface area contributed by atoms with Crippen molar-refractivity contribution < 1.29 is 47.2 Å². The minimum atomic E-state index is -5.10. The first-order valence-electron chi connectivity index (χ1n) is 15.2. The summed E-state index contributed by atoms with van der Waals surface area (Å²) in [6.07, 6.45) is 13.1. The zero-order valence-corrected chi connectivity index (χ0v) is 26.6. The number of nitrogens with zero attached hydrogens (tertiary/aromatic N) is 4. The third-order valence-corrected chi connectivity index (χ3v) is 9.99. The number of fused-ring (bicyclic) bond motifs is 1. The van der Waals surface area contributed by atoms with E-state index in [4.69, 9.17) is 19.5 Å². The fourth-order valence-electron chi connectivity index (χ4n) is 4.97. The van der Waals surface area contributed by atoms with Crippen molar-refractivity contribution in [2.24, 2.45) is 0 Å². The fourth-order valence-corrected chi connectivity index (χ4v) is 7.09. The van der Waals surface area contributed by atoms with Gasteiger partial charge in [-0.25, -0.2) is 24.1 Å². The van der Waals surface area contributed by atoms with Crippen LogP contribution in [-0.4, -0.2) is 71.0 Å². The maximum atomic E-state index is 12.3. The molecule has 2 aromatic rings. The Morgan fingerprint density at radius 2 is 1.40 bits per heavy atom. The van der Waals surface area contributed by atoms with E-state index in [1.807, 2.05) is 0 Å². The zero-order valence-electron chi connectivity index (χ0n) is 24.8. The van der Waals surface area contributed by atoms with E-state index in [0.29, 0.717) is 6.42 Å². The summed E-state index contributed by atoms with van der Waals surface area (Å²) >= 11 is 0. The van der Waals surface area contributed by atoms with Gasteiger partial charge in [-0.05, 0) is 6.42 Å². The molecule has 17 heteroatoms. The molecule has 0 spiro atoms. The maximum absolute atomic E-state index is 12.3. The number of ether oxygens (including phenoxy) is 1. The number of aliphatic hydroxyl groups excluding tert-OH is 2. The van der Waals surface area contributed by atoms with Gasteiger partial charge in [0.15, 0.2) is 17.7 Å². The normalized spacial score (nSPS) is 23.5. The molecule has 43 heavy (non-hydrogen) atoms. The van der Waals surface area contributed by atoms with Crippen LogP contribution >= 0.6 is 15.6 Å². The van der Waals surface area contributed by atoms with E-state index in [0.717, 1.165) is 25.7 Å². The Kier molecular flexibility index (Phi) is 14.9. The number of nitrogen functional groups attached to an aromatic ring is 1. The minimum absolute atomic E-state index is 0.107. The van der Waals surface area contributed by atoms with Gasteiger partial charge in [0.25, 0.3) is 0 Å². The molecule has 0 bridgehead atoms. The zero-order chi connectivity index (χ0) is 31.3. The lowest BCUT2D eigenvalue weighted by molar-refractivity contribution is -0.0504. The molecule has 3 heterocycles. The first-order chi connectivity index (χ1) is 20.5. The van der Waals surface area contributed by atoms with Crippen molar-refractivity contribution >= 4 is 32.6 Å². The molecule has 0 radical (unpaired) electrons. The predicted molar refractivity (Wildman–Crippen MR) is 159 cm³/mol. The van der Waals surface area contributed by atoms with Crippen molar-refractivity contribution in [1.29, 1.82) is 0 Å². The molecule has 6 N–H and O–H groups in total. The fraction of sp³-hybridized carbons (Fsp3) is 0.808. The molecule has 2 aromatic heterocycles. The molecule has 6 atom stereocenters. The molecule has 1 saturated heterocycles. The van der Waals surface area contributed by atoms with Crippen molar-refractivity contribution in [1.82, 2.24) is 19.5 Å². The molecule has 3 rings (SSSR count). The second-order valence-electron chi connectivity index (χ2n) is 10.9. The van der Waals surface area contributed by atoms with Crippen LogP contribution in [0.3, 0.4) is 0 Å². The van der Waals surface area contributed by atoms with E-state index >= 15 is 0 Å². The Bertz CT molecular complexity index is 1200. The molecule has 1 aliphatic heterocycles. The average Bonchev–Trinajstić information content (AvgIpc) is 3.50. The first-order valence-corrected chi connectivity index (χ1v) is 18.1. The van der Waals surface area contributed by atoms with Crippen molar-refractivity contribution in [2.75, 3.05) is 18.9 Å². The quantitative estimate of drug-likeness (QED) is 0.0856. The van der Waals surface area contributed by atoms with Crippen LogP contribution in [0.2, 0.25) is 0 Å². The largest absolute Gasteiger partial charge is 0.481 e. The summed E-state index contributed by atoms with van der Waals surface area (Å²) in [5.41, 5.74) is 6.26. The van der Waals surface area contributed by atoms with Crippen LogP contribution in [0.25, 0.3) is 11.2 Å². The minimum Gasteiger partial charge on any atom is -0.387 e. The van der Waals surface area contributed by atoms with Gasteiger partial charge in [0, 0.05) is 0 Å².